The van der Waals surface area contributed by atoms with Crippen molar-refractivity contribution in [3.63, 3.8) is 0 Å². The highest BCUT2D eigenvalue weighted by Gasteiger charge is 2.20. The second-order valence-electron chi connectivity index (χ2n) is 6.59. The minimum atomic E-state index is 0.728. The molecule has 2 heteroatoms. The number of rotatable bonds is 3. The van der Waals surface area contributed by atoms with Gasteiger partial charge in [0.25, 0.3) is 0 Å². The van der Waals surface area contributed by atoms with Crippen molar-refractivity contribution in [2.24, 2.45) is 0 Å². The van der Waals surface area contributed by atoms with Crippen molar-refractivity contribution in [3.05, 3.63) is 103 Å². The monoisotopic (exact) mass is 347 g/mol. The Hall–Kier alpha value is -3.65. The Labute approximate surface area is 157 Å². The molecule has 4 aromatic carbocycles. The Morgan fingerprint density at radius 3 is 2.11 bits per heavy atom. The fraction of sp³-hybridized carbons (Fsp3) is 0. The number of aromatic nitrogens is 1. The van der Waals surface area contributed by atoms with Gasteiger partial charge in [-0.05, 0) is 29.0 Å². The number of benzene rings is 4. The van der Waals surface area contributed by atoms with Gasteiger partial charge in [-0.3, -0.25) is 4.79 Å². The van der Waals surface area contributed by atoms with E-state index in [1.807, 2.05) is 48.5 Å². The molecule has 0 spiro atoms. The zero-order chi connectivity index (χ0) is 18.2. The maximum Gasteiger partial charge on any atom is 0.152 e. The molecule has 5 aromatic rings. The van der Waals surface area contributed by atoms with Crippen LogP contribution in [0, 0.1) is 0 Å². The standard InChI is InChI=1S/C25H17NO/c27-17-23-21-14-6-7-16-24(21)26(19-11-2-1-3-12-19)25(23)22-15-8-10-18-9-4-5-13-20(18)22/h1-17H. The molecular formula is C25H17NO. The zero-order valence-corrected chi connectivity index (χ0v) is 14.7. The number of fused-ring (bicyclic) bond motifs is 2. The molecule has 0 unspecified atom stereocenters. The van der Waals surface area contributed by atoms with E-state index in [0.717, 1.165) is 50.5 Å². The summed E-state index contributed by atoms with van der Waals surface area (Å²) in [7, 11) is 0. The number of carbonyl (C=O) groups is 1. The summed E-state index contributed by atoms with van der Waals surface area (Å²) in [4.78, 5) is 12.2. The first kappa shape index (κ1) is 15.6. The van der Waals surface area contributed by atoms with E-state index in [1.54, 1.807) is 0 Å². The summed E-state index contributed by atoms with van der Waals surface area (Å²) in [5.41, 5.74) is 4.81. The SMILES string of the molecule is O=Cc1c(-c2cccc3ccccc23)n(-c2ccccc2)c2ccccc12. The van der Waals surface area contributed by atoms with Gasteiger partial charge in [-0.25, -0.2) is 0 Å². The highest BCUT2D eigenvalue weighted by atomic mass is 16.1. The molecule has 128 valence electrons. The van der Waals surface area contributed by atoms with E-state index >= 15 is 0 Å². The van der Waals surface area contributed by atoms with E-state index in [1.165, 1.54) is 0 Å². The fourth-order valence-electron chi connectivity index (χ4n) is 3.93. The van der Waals surface area contributed by atoms with Crippen LogP contribution >= 0.6 is 0 Å². The van der Waals surface area contributed by atoms with E-state index in [-0.39, 0.29) is 0 Å². The van der Waals surface area contributed by atoms with Gasteiger partial charge in [0.05, 0.1) is 11.2 Å². The average molecular weight is 347 g/mol. The molecule has 0 fully saturated rings. The van der Waals surface area contributed by atoms with E-state index < -0.39 is 0 Å². The van der Waals surface area contributed by atoms with Gasteiger partial charge in [-0.1, -0.05) is 78.9 Å². The van der Waals surface area contributed by atoms with Crippen LogP contribution in [0.3, 0.4) is 0 Å². The van der Waals surface area contributed by atoms with Gasteiger partial charge in [0.1, 0.15) is 0 Å². The minimum Gasteiger partial charge on any atom is -0.308 e. The molecule has 2 nitrogen and oxygen atoms in total. The molecule has 27 heavy (non-hydrogen) atoms. The Morgan fingerprint density at radius 2 is 1.30 bits per heavy atom. The third-order valence-corrected chi connectivity index (χ3v) is 5.09. The Morgan fingerprint density at radius 1 is 0.630 bits per heavy atom. The predicted octanol–water partition coefficient (Wildman–Crippen LogP) is 6.26. The Kier molecular flexibility index (Phi) is 3.61. The van der Waals surface area contributed by atoms with Gasteiger partial charge in [0.2, 0.25) is 0 Å². The van der Waals surface area contributed by atoms with Gasteiger partial charge in [-0.15, -0.1) is 0 Å². The first-order chi connectivity index (χ1) is 13.4. The van der Waals surface area contributed by atoms with Crippen LogP contribution in [-0.4, -0.2) is 10.9 Å². The number of carbonyl (C=O) groups excluding carboxylic acids is 1. The molecule has 0 aliphatic heterocycles. The second-order valence-corrected chi connectivity index (χ2v) is 6.59. The molecule has 1 heterocycles. The van der Waals surface area contributed by atoms with Crippen LogP contribution in [0.25, 0.3) is 38.6 Å². The minimum absolute atomic E-state index is 0.728. The normalized spacial score (nSPS) is 11.1. The summed E-state index contributed by atoms with van der Waals surface area (Å²) in [6.45, 7) is 0. The van der Waals surface area contributed by atoms with E-state index in [0.29, 0.717) is 0 Å². The van der Waals surface area contributed by atoms with Crippen molar-refractivity contribution < 1.29 is 4.79 Å². The first-order valence-corrected chi connectivity index (χ1v) is 9.00. The third kappa shape index (κ3) is 2.38. The van der Waals surface area contributed by atoms with Crippen molar-refractivity contribution in [1.29, 1.82) is 0 Å². The van der Waals surface area contributed by atoms with E-state index in [9.17, 15) is 4.79 Å². The molecule has 0 atom stereocenters. The highest BCUT2D eigenvalue weighted by molar-refractivity contribution is 6.09. The van der Waals surface area contributed by atoms with E-state index in [2.05, 4.69) is 53.1 Å². The summed E-state index contributed by atoms with van der Waals surface area (Å²) >= 11 is 0. The Balaban J connectivity index is 1.99. The summed E-state index contributed by atoms with van der Waals surface area (Å²) in [6.07, 6.45) is 0.985. The molecule has 1 aromatic heterocycles. The van der Waals surface area contributed by atoms with Crippen LogP contribution in [0.5, 0.6) is 0 Å². The second kappa shape index (κ2) is 6.26. The average Bonchev–Trinajstić information content (AvgIpc) is 3.08. The first-order valence-electron chi connectivity index (χ1n) is 9.00. The largest absolute Gasteiger partial charge is 0.308 e. The van der Waals surface area contributed by atoms with Gasteiger partial charge in [0.15, 0.2) is 6.29 Å². The third-order valence-electron chi connectivity index (χ3n) is 5.09. The molecule has 0 bridgehead atoms. The van der Waals surface area contributed by atoms with E-state index in [4.69, 9.17) is 0 Å². The fourth-order valence-corrected chi connectivity index (χ4v) is 3.93. The van der Waals surface area contributed by atoms with Gasteiger partial charge in [0, 0.05) is 22.2 Å². The number of hydrogen-bond donors (Lipinski definition) is 0. The predicted molar refractivity (Wildman–Crippen MR) is 112 cm³/mol. The summed E-state index contributed by atoms with van der Waals surface area (Å²) in [5.74, 6) is 0. The lowest BCUT2D eigenvalue weighted by Crippen LogP contribution is -1.98. The molecule has 0 aliphatic rings. The summed E-state index contributed by atoms with van der Waals surface area (Å²) in [6, 6.07) is 32.9. The van der Waals surface area contributed by atoms with Crippen molar-refractivity contribution in [1.82, 2.24) is 4.57 Å². The lowest BCUT2D eigenvalue weighted by molar-refractivity contribution is 0.112. The lowest BCUT2D eigenvalue weighted by atomic mass is 9.99. The number of nitrogens with zero attached hydrogens (tertiary/aromatic N) is 1. The molecule has 0 saturated carbocycles. The number of aldehydes is 1. The highest BCUT2D eigenvalue weighted by Crippen LogP contribution is 2.38. The summed E-state index contributed by atoms with van der Waals surface area (Å²) in [5, 5.41) is 3.28. The molecule has 5 rings (SSSR count). The van der Waals surface area contributed by atoms with Crippen molar-refractivity contribution in [3.8, 4) is 16.9 Å². The van der Waals surface area contributed by atoms with Crippen LogP contribution in [0.15, 0.2) is 97.1 Å². The van der Waals surface area contributed by atoms with Crippen LogP contribution in [0.1, 0.15) is 10.4 Å². The number of hydrogen-bond acceptors (Lipinski definition) is 1. The molecule has 0 N–H and O–H groups in total. The quantitative estimate of drug-likeness (QED) is 0.353. The van der Waals surface area contributed by atoms with Crippen LogP contribution in [-0.2, 0) is 0 Å². The topological polar surface area (TPSA) is 22.0 Å². The zero-order valence-electron chi connectivity index (χ0n) is 14.7. The maximum absolute atomic E-state index is 12.2. The summed E-state index contributed by atoms with van der Waals surface area (Å²) < 4.78 is 2.20. The number of para-hydroxylation sites is 2. The van der Waals surface area contributed by atoms with Gasteiger partial charge in [-0.2, -0.15) is 0 Å². The van der Waals surface area contributed by atoms with Crippen LogP contribution in [0.4, 0.5) is 0 Å². The van der Waals surface area contributed by atoms with Crippen LogP contribution in [0.2, 0.25) is 0 Å². The van der Waals surface area contributed by atoms with Crippen molar-refractivity contribution in [2.45, 2.75) is 0 Å². The Bertz CT molecular complexity index is 1280. The maximum atomic E-state index is 12.2. The smallest absolute Gasteiger partial charge is 0.152 e. The lowest BCUT2D eigenvalue weighted by Gasteiger charge is -2.14. The molecule has 0 radical (unpaired) electrons. The van der Waals surface area contributed by atoms with Crippen LogP contribution < -0.4 is 0 Å². The van der Waals surface area contributed by atoms with Crippen molar-refractivity contribution in [2.75, 3.05) is 0 Å². The molecule has 0 amide bonds. The molecular weight excluding hydrogens is 330 g/mol. The molecule has 0 aliphatic carbocycles. The van der Waals surface area contributed by atoms with Crippen molar-refractivity contribution >= 4 is 28.0 Å². The van der Waals surface area contributed by atoms with Gasteiger partial charge >= 0.3 is 0 Å². The molecule has 0 saturated heterocycles. The van der Waals surface area contributed by atoms with Gasteiger partial charge < -0.3 is 4.57 Å².